The molecule has 7 nitrogen and oxygen atoms in total. The number of amides is 2. The highest BCUT2D eigenvalue weighted by molar-refractivity contribution is 7.16. The molecule has 3 aromatic carbocycles. The molecule has 0 saturated heterocycles. The van der Waals surface area contributed by atoms with Crippen LogP contribution in [0.3, 0.4) is 0 Å². The third-order valence-electron chi connectivity index (χ3n) is 6.17. The summed E-state index contributed by atoms with van der Waals surface area (Å²) in [5.41, 5.74) is 2.01. The topological polar surface area (TPSA) is 89.6 Å². The minimum Gasteiger partial charge on any atom is -0.454 e. The van der Waals surface area contributed by atoms with E-state index in [0.29, 0.717) is 22.2 Å². The van der Waals surface area contributed by atoms with Gasteiger partial charge in [0.25, 0.3) is 5.91 Å². The molecule has 1 aromatic heterocycles. The number of ether oxygens (including phenoxy) is 2. The minimum atomic E-state index is -0.352. The summed E-state index contributed by atoms with van der Waals surface area (Å²) in [6, 6.07) is 18.9. The lowest BCUT2D eigenvalue weighted by atomic mass is 9.90. The lowest BCUT2D eigenvalue weighted by Gasteiger charge is -2.20. The number of anilines is 2. The van der Waals surface area contributed by atoms with Crippen molar-refractivity contribution >= 4 is 44.7 Å². The van der Waals surface area contributed by atoms with Crippen LogP contribution >= 0.6 is 11.3 Å². The van der Waals surface area contributed by atoms with Gasteiger partial charge in [-0.05, 0) is 48.9 Å². The average molecular weight is 472 g/mol. The Morgan fingerprint density at radius 3 is 2.76 bits per heavy atom. The molecule has 0 fully saturated rings. The van der Waals surface area contributed by atoms with Crippen LogP contribution in [0.5, 0.6) is 11.5 Å². The molecule has 8 heteroatoms. The molecule has 6 rings (SSSR count). The van der Waals surface area contributed by atoms with E-state index < -0.39 is 0 Å². The van der Waals surface area contributed by atoms with E-state index in [1.807, 2.05) is 42.5 Å². The van der Waals surface area contributed by atoms with Crippen LogP contribution in [-0.4, -0.2) is 23.6 Å². The second kappa shape index (κ2) is 8.46. The molecule has 0 bridgehead atoms. The first-order chi connectivity index (χ1) is 16.7. The van der Waals surface area contributed by atoms with E-state index in [1.165, 1.54) is 11.3 Å². The first kappa shape index (κ1) is 20.7. The molecule has 34 heavy (non-hydrogen) atoms. The molecule has 4 aromatic rings. The summed E-state index contributed by atoms with van der Waals surface area (Å²) in [5, 5.41) is 8.57. The van der Waals surface area contributed by atoms with Crippen LogP contribution in [-0.2, 0) is 11.2 Å². The maximum Gasteiger partial charge on any atom is 0.257 e. The predicted molar refractivity (Wildman–Crippen MR) is 131 cm³/mol. The highest BCUT2D eigenvalue weighted by atomic mass is 32.1. The summed E-state index contributed by atoms with van der Waals surface area (Å²) >= 11 is 1.43. The highest BCUT2D eigenvalue weighted by Gasteiger charge is 2.31. The van der Waals surface area contributed by atoms with Gasteiger partial charge in [0, 0.05) is 21.5 Å². The summed E-state index contributed by atoms with van der Waals surface area (Å²) in [7, 11) is 0. The molecule has 2 amide bonds. The Morgan fingerprint density at radius 2 is 1.82 bits per heavy atom. The zero-order valence-corrected chi connectivity index (χ0v) is 19.0. The quantitative estimate of drug-likeness (QED) is 0.420. The number of benzene rings is 3. The van der Waals surface area contributed by atoms with Crippen LogP contribution in [0.1, 0.15) is 39.7 Å². The van der Waals surface area contributed by atoms with E-state index in [2.05, 4.69) is 15.6 Å². The van der Waals surface area contributed by atoms with Crippen molar-refractivity contribution in [3.63, 3.8) is 0 Å². The van der Waals surface area contributed by atoms with Crippen molar-refractivity contribution in [2.24, 2.45) is 0 Å². The first-order valence-corrected chi connectivity index (χ1v) is 12.0. The fourth-order valence-electron chi connectivity index (χ4n) is 4.49. The van der Waals surface area contributed by atoms with Gasteiger partial charge < -0.3 is 14.8 Å². The van der Waals surface area contributed by atoms with Gasteiger partial charge in [0.2, 0.25) is 12.7 Å². The number of nitrogens with one attached hydrogen (secondary N) is 2. The van der Waals surface area contributed by atoms with E-state index in [1.54, 1.807) is 18.2 Å². The summed E-state index contributed by atoms with van der Waals surface area (Å²) in [5.74, 6) is 0.477. The highest BCUT2D eigenvalue weighted by Crippen LogP contribution is 2.38. The van der Waals surface area contributed by atoms with Crippen LogP contribution in [0.2, 0.25) is 0 Å². The number of thiazole rings is 1. The molecule has 1 aliphatic carbocycles. The Balaban J connectivity index is 1.22. The predicted octanol–water partition coefficient (Wildman–Crippen LogP) is 5.34. The lowest BCUT2D eigenvalue weighted by Crippen LogP contribution is -2.24. The van der Waals surface area contributed by atoms with Gasteiger partial charge in [-0.1, -0.05) is 36.4 Å². The van der Waals surface area contributed by atoms with E-state index >= 15 is 0 Å². The smallest absolute Gasteiger partial charge is 0.257 e. The van der Waals surface area contributed by atoms with Crippen LogP contribution in [0.15, 0.2) is 60.7 Å². The Hall–Kier alpha value is -3.91. The van der Waals surface area contributed by atoms with Gasteiger partial charge >= 0.3 is 0 Å². The van der Waals surface area contributed by atoms with Crippen molar-refractivity contribution < 1.29 is 19.1 Å². The van der Waals surface area contributed by atoms with Crippen LogP contribution in [0.4, 0.5) is 10.8 Å². The minimum absolute atomic E-state index is 0.0729. The van der Waals surface area contributed by atoms with E-state index in [0.717, 1.165) is 46.3 Å². The van der Waals surface area contributed by atoms with Gasteiger partial charge in [0.15, 0.2) is 16.6 Å². The van der Waals surface area contributed by atoms with Gasteiger partial charge in [-0.25, -0.2) is 4.98 Å². The molecule has 0 radical (unpaired) electrons. The molecule has 2 N–H and O–H groups in total. The average Bonchev–Trinajstić information content (AvgIpc) is 3.50. The van der Waals surface area contributed by atoms with Gasteiger partial charge in [0.1, 0.15) is 0 Å². The molecule has 2 heterocycles. The molecule has 0 spiro atoms. The van der Waals surface area contributed by atoms with Gasteiger partial charge in [-0.15, -0.1) is 11.3 Å². The third kappa shape index (κ3) is 3.76. The molecular formula is C26H21N3O4S. The lowest BCUT2D eigenvalue weighted by molar-refractivity contribution is -0.117. The van der Waals surface area contributed by atoms with Gasteiger partial charge in [-0.3, -0.25) is 14.9 Å². The molecular weight excluding hydrogens is 450 g/mol. The maximum atomic E-state index is 13.3. The normalized spacial score (nSPS) is 16.2. The third-order valence-corrected chi connectivity index (χ3v) is 7.22. The number of aromatic nitrogens is 1. The van der Waals surface area contributed by atoms with E-state index in [4.69, 9.17) is 9.47 Å². The van der Waals surface area contributed by atoms with Gasteiger partial charge in [0.05, 0.1) is 11.6 Å². The number of hydrogen-bond acceptors (Lipinski definition) is 6. The van der Waals surface area contributed by atoms with E-state index in [9.17, 15) is 9.59 Å². The van der Waals surface area contributed by atoms with E-state index in [-0.39, 0.29) is 24.5 Å². The van der Waals surface area contributed by atoms with Crippen molar-refractivity contribution in [3.05, 3.63) is 76.8 Å². The van der Waals surface area contributed by atoms with Crippen molar-refractivity contribution in [2.45, 2.75) is 25.2 Å². The maximum absolute atomic E-state index is 13.3. The first-order valence-electron chi connectivity index (χ1n) is 11.1. The molecule has 1 atom stereocenters. The second-order valence-corrected chi connectivity index (χ2v) is 9.39. The standard InChI is InChI=1S/C26H21N3O4S/c30-24(16-11-12-20-21(13-16)33-14-32-20)29-26-28-23-18(8-4-10-22(23)34-26)25(31)27-19-9-3-6-15-5-1-2-7-17(15)19/h1-3,5-7,9,11-13,18H,4,8,10,14H2,(H,27,31)(H,28,29,30)/t18-/m1/s1. The number of aryl methyl sites for hydroxylation is 1. The fourth-order valence-corrected chi connectivity index (χ4v) is 5.55. The summed E-state index contributed by atoms with van der Waals surface area (Å²) < 4.78 is 10.7. The van der Waals surface area contributed by atoms with Crippen molar-refractivity contribution in [1.29, 1.82) is 0 Å². The van der Waals surface area contributed by atoms with Crippen molar-refractivity contribution in [1.82, 2.24) is 4.98 Å². The monoisotopic (exact) mass is 471 g/mol. The number of carbonyl (C=O) groups excluding carboxylic acids is 2. The zero-order valence-electron chi connectivity index (χ0n) is 18.2. The number of nitrogens with zero attached hydrogens (tertiary/aromatic N) is 1. The summed E-state index contributed by atoms with van der Waals surface area (Å²) in [6.07, 6.45) is 2.48. The molecule has 1 aliphatic heterocycles. The number of carbonyl (C=O) groups is 2. The van der Waals surface area contributed by atoms with Crippen LogP contribution in [0.25, 0.3) is 10.8 Å². The fraction of sp³-hybridized carbons (Fsp3) is 0.192. The molecule has 170 valence electrons. The molecule has 0 unspecified atom stereocenters. The van der Waals surface area contributed by atoms with Crippen molar-refractivity contribution in [2.75, 3.05) is 17.4 Å². The second-order valence-electron chi connectivity index (χ2n) is 8.31. The number of fused-ring (bicyclic) bond motifs is 3. The number of rotatable bonds is 4. The molecule has 2 aliphatic rings. The largest absolute Gasteiger partial charge is 0.454 e. The Kier molecular flexibility index (Phi) is 5.15. The Labute approximate surface area is 199 Å². The van der Waals surface area contributed by atoms with Crippen molar-refractivity contribution in [3.8, 4) is 11.5 Å². The van der Waals surface area contributed by atoms with Crippen LogP contribution in [0, 0.1) is 0 Å². The van der Waals surface area contributed by atoms with Gasteiger partial charge in [-0.2, -0.15) is 0 Å². The summed E-state index contributed by atoms with van der Waals surface area (Å²) in [6.45, 7) is 0.155. The Morgan fingerprint density at radius 1 is 0.971 bits per heavy atom. The van der Waals surface area contributed by atoms with Crippen LogP contribution < -0.4 is 20.1 Å². The summed E-state index contributed by atoms with van der Waals surface area (Å²) in [4.78, 5) is 31.8. The zero-order chi connectivity index (χ0) is 23.1. The number of hydrogen-bond donors (Lipinski definition) is 2. The SMILES string of the molecule is O=C(Nc1nc2c(s1)CCC[C@H]2C(=O)Nc1cccc2ccccc12)c1ccc2c(c1)OCO2. The molecule has 0 saturated carbocycles. The Bertz CT molecular complexity index is 1430.